The number of esters is 1. The van der Waals surface area contributed by atoms with Crippen LogP contribution in [0.2, 0.25) is 0 Å². The summed E-state index contributed by atoms with van der Waals surface area (Å²) in [5, 5.41) is 0. The smallest absolute Gasteiger partial charge is 0.345 e. The fourth-order valence-corrected chi connectivity index (χ4v) is 5.83. The molecule has 140 valence electrons. The molecule has 0 N–H and O–H groups in total. The van der Waals surface area contributed by atoms with Crippen molar-refractivity contribution in [3.05, 3.63) is 54.4 Å². The molecule has 0 atom stereocenters. The van der Waals surface area contributed by atoms with Gasteiger partial charge in [0.05, 0.1) is 10.5 Å². The maximum absolute atomic E-state index is 12.6. The minimum atomic E-state index is -4.63. The zero-order chi connectivity index (χ0) is 19.8. The molecule has 2 aromatic carbocycles. The van der Waals surface area contributed by atoms with E-state index in [1.807, 2.05) is 0 Å². The first-order chi connectivity index (χ1) is 11.9. The molecule has 0 unspecified atom stereocenters. The van der Waals surface area contributed by atoms with E-state index in [1.54, 1.807) is 32.9 Å². The molecule has 5 nitrogen and oxygen atoms in total. The Balaban J connectivity index is 2.51. The topological polar surface area (TPSA) is 83.5 Å². The van der Waals surface area contributed by atoms with E-state index in [2.05, 4.69) is 47.8 Å². The van der Waals surface area contributed by atoms with Crippen molar-refractivity contribution in [1.29, 1.82) is 0 Å². The molecule has 0 aliphatic heterocycles. The Morgan fingerprint density at radius 3 is 2.08 bits per heavy atom. The largest absolute Gasteiger partial charge is 0.744 e. The quantitative estimate of drug-likeness (QED) is 0.275. The first kappa shape index (κ1) is 21.6. The number of carbonyl (C=O) groups excluding carboxylic acids is 1. The standard InChI is InChI=1S/C17H15Br3O5S/c1-8(2)11-7-14(9(3)4-15(11)26(22,23)24)25-17(21)16-12(19)5-10(18)6-13(16)20/h4-8H,1-3H3,(H,22,23,24)/p-1. The predicted octanol–water partition coefficient (Wildman–Crippen LogP) is 5.53. The lowest BCUT2D eigenvalue weighted by Gasteiger charge is -2.19. The summed E-state index contributed by atoms with van der Waals surface area (Å²) in [6.07, 6.45) is 0. The van der Waals surface area contributed by atoms with Crippen LogP contribution in [0.4, 0.5) is 0 Å². The minimum Gasteiger partial charge on any atom is -0.744 e. The van der Waals surface area contributed by atoms with Gasteiger partial charge in [-0.15, -0.1) is 0 Å². The normalized spacial score (nSPS) is 11.7. The summed E-state index contributed by atoms with van der Waals surface area (Å²) in [4.78, 5) is 12.3. The number of halogens is 3. The molecule has 0 radical (unpaired) electrons. The molecule has 0 amide bonds. The van der Waals surface area contributed by atoms with Gasteiger partial charge in [0, 0.05) is 13.4 Å². The Morgan fingerprint density at radius 2 is 1.62 bits per heavy atom. The van der Waals surface area contributed by atoms with Gasteiger partial charge in [-0.1, -0.05) is 29.8 Å². The van der Waals surface area contributed by atoms with E-state index in [0.717, 1.165) is 4.47 Å². The zero-order valence-corrected chi connectivity index (χ0v) is 19.5. The fourth-order valence-electron chi connectivity index (χ4n) is 2.34. The van der Waals surface area contributed by atoms with Crippen LogP contribution in [0, 0.1) is 6.92 Å². The van der Waals surface area contributed by atoms with Gasteiger partial charge in [0.2, 0.25) is 0 Å². The molecule has 0 spiro atoms. The van der Waals surface area contributed by atoms with Crippen LogP contribution in [-0.4, -0.2) is 18.9 Å². The summed E-state index contributed by atoms with van der Waals surface area (Å²) in [6, 6.07) is 6.09. The fraction of sp³-hybridized carbons (Fsp3) is 0.235. The lowest BCUT2D eigenvalue weighted by molar-refractivity contribution is 0.0731. The molecule has 0 aromatic heterocycles. The third kappa shape index (κ3) is 4.75. The minimum absolute atomic E-state index is 0.202. The Hall–Kier alpha value is -0.740. The Labute approximate surface area is 177 Å². The van der Waals surface area contributed by atoms with E-state index >= 15 is 0 Å². The Bertz CT molecular complexity index is 961. The molecule has 0 heterocycles. The van der Waals surface area contributed by atoms with Crippen LogP contribution >= 0.6 is 47.8 Å². The summed E-state index contributed by atoms with van der Waals surface area (Å²) >= 11 is 9.98. The molecule has 0 aliphatic carbocycles. The van der Waals surface area contributed by atoms with E-state index in [1.165, 1.54) is 12.1 Å². The SMILES string of the molecule is Cc1cc(S(=O)(=O)[O-])c(C(C)C)cc1OC(=O)c1c(Br)cc(Br)cc1Br. The van der Waals surface area contributed by atoms with Crippen molar-refractivity contribution >= 4 is 63.9 Å². The third-order valence-corrected chi connectivity index (χ3v) is 6.21. The highest BCUT2D eigenvalue weighted by molar-refractivity contribution is 9.11. The number of hydrogen-bond acceptors (Lipinski definition) is 5. The summed E-state index contributed by atoms with van der Waals surface area (Å²) in [5.74, 6) is -0.655. The maximum Gasteiger partial charge on any atom is 0.345 e. The van der Waals surface area contributed by atoms with Crippen molar-refractivity contribution in [1.82, 2.24) is 0 Å². The van der Waals surface area contributed by atoms with Crippen molar-refractivity contribution in [2.45, 2.75) is 31.6 Å². The van der Waals surface area contributed by atoms with Gasteiger partial charge in [-0.3, -0.25) is 0 Å². The molecular formula is C17H14Br3O5S-. The second-order valence-corrected chi connectivity index (χ2v) is 9.87. The van der Waals surface area contributed by atoms with Crippen LogP contribution in [0.15, 0.2) is 42.6 Å². The predicted molar refractivity (Wildman–Crippen MR) is 108 cm³/mol. The third-order valence-electron chi connectivity index (χ3n) is 3.61. The first-order valence-electron chi connectivity index (χ1n) is 7.39. The van der Waals surface area contributed by atoms with Crippen molar-refractivity contribution < 1.29 is 22.5 Å². The van der Waals surface area contributed by atoms with Gasteiger partial charge in [-0.2, -0.15) is 0 Å². The van der Waals surface area contributed by atoms with Crippen molar-refractivity contribution in [2.24, 2.45) is 0 Å². The lowest BCUT2D eigenvalue weighted by atomic mass is 10.0. The van der Waals surface area contributed by atoms with Crippen LogP contribution in [0.5, 0.6) is 5.75 Å². The second-order valence-electron chi connectivity index (χ2n) is 5.90. The van der Waals surface area contributed by atoms with Crippen LogP contribution in [0.1, 0.15) is 41.3 Å². The number of carbonyl (C=O) groups is 1. The Morgan fingerprint density at radius 1 is 1.08 bits per heavy atom. The molecule has 0 saturated carbocycles. The zero-order valence-electron chi connectivity index (χ0n) is 14.0. The summed E-state index contributed by atoms with van der Waals surface area (Å²) in [6.45, 7) is 5.09. The highest BCUT2D eigenvalue weighted by Gasteiger charge is 2.21. The van der Waals surface area contributed by atoms with Crippen LogP contribution in [-0.2, 0) is 10.1 Å². The van der Waals surface area contributed by atoms with Crippen LogP contribution in [0.3, 0.4) is 0 Å². The highest BCUT2D eigenvalue weighted by Crippen LogP contribution is 2.34. The van der Waals surface area contributed by atoms with Gasteiger partial charge in [0.1, 0.15) is 15.9 Å². The van der Waals surface area contributed by atoms with Crippen molar-refractivity contribution in [3.8, 4) is 5.75 Å². The molecule has 26 heavy (non-hydrogen) atoms. The molecule has 2 rings (SSSR count). The van der Waals surface area contributed by atoms with Gasteiger partial charge >= 0.3 is 5.97 Å². The monoisotopic (exact) mass is 567 g/mol. The second kappa shape index (κ2) is 8.10. The van der Waals surface area contributed by atoms with Crippen LogP contribution in [0.25, 0.3) is 0 Å². The molecule has 2 aromatic rings. The molecular weight excluding hydrogens is 556 g/mol. The van der Waals surface area contributed by atoms with Crippen molar-refractivity contribution in [3.63, 3.8) is 0 Å². The number of rotatable bonds is 4. The number of hydrogen-bond donors (Lipinski definition) is 0. The average Bonchev–Trinajstić information content (AvgIpc) is 2.46. The van der Waals surface area contributed by atoms with Gasteiger partial charge < -0.3 is 9.29 Å². The number of ether oxygens (including phenoxy) is 1. The molecule has 0 bridgehead atoms. The average molecular weight is 570 g/mol. The van der Waals surface area contributed by atoms with Crippen LogP contribution < -0.4 is 4.74 Å². The van der Waals surface area contributed by atoms with E-state index in [0.29, 0.717) is 25.6 Å². The lowest BCUT2D eigenvalue weighted by Crippen LogP contribution is -2.13. The van der Waals surface area contributed by atoms with Gasteiger partial charge in [-0.25, -0.2) is 13.2 Å². The molecule has 9 heteroatoms. The molecule has 0 fully saturated rings. The van der Waals surface area contributed by atoms with E-state index in [4.69, 9.17) is 4.74 Å². The van der Waals surface area contributed by atoms with Gasteiger partial charge in [-0.05, 0) is 80.1 Å². The first-order valence-corrected chi connectivity index (χ1v) is 11.2. The van der Waals surface area contributed by atoms with E-state index in [-0.39, 0.29) is 16.6 Å². The maximum atomic E-state index is 12.6. The van der Waals surface area contributed by atoms with Gasteiger partial charge in [0.25, 0.3) is 0 Å². The van der Waals surface area contributed by atoms with E-state index in [9.17, 15) is 17.8 Å². The summed E-state index contributed by atoms with van der Waals surface area (Å²) < 4.78 is 41.8. The number of aryl methyl sites for hydroxylation is 1. The molecule has 0 saturated heterocycles. The van der Waals surface area contributed by atoms with E-state index < -0.39 is 16.1 Å². The number of benzene rings is 2. The highest BCUT2D eigenvalue weighted by atomic mass is 79.9. The summed E-state index contributed by atoms with van der Waals surface area (Å²) in [5.41, 5.74) is 0.975. The summed E-state index contributed by atoms with van der Waals surface area (Å²) in [7, 11) is -4.63. The van der Waals surface area contributed by atoms with Gasteiger partial charge in [0.15, 0.2) is 0 Å². The molecule has 0 aliphatic rings. The van der Waals surface area contributed by atoms with Crippen molar-refractivity contribution in [2.75, 3.05) is 0 Å². The Kier molecular flexibility index (Phi) is 6.71.